The number of nitriles is 1. The molecule has 0 fully saturated rings. The number of rotatable bonds is 7. The SMILES string of the molecule is CCCCc1ccc(NC(=O)/C(C#N)=C\Nc2cccc(Cl)c2)cc1. The summed E-state index contributed by atoms with van der Waals surface area (Å²) in [6.45, 7) is 2.15. The van der Waals surface area contributed by atoms with Gasteiger partial charge in [0.1, 0.15) is 11.6 Å². The first kappa shape index (κ1) is 18.6. The molecule has 0 spiro atoms. The Balaban J connectivity index is 1.99. The lowest BCUT2D eigenvalue weighted by molar-refractivity contribution is -0.112. The van der Waals surface area contributed by atoms with Gasteiger partial charge in [-0.25, -0.2) is 0 Å². The zero-order valence-corrected chi connectivity index (χ0v) is 14.8. The molecule has 0 aliphatic rings. The summed E-state index contributed by atoms with van der Waals surface area (Å²) in [5.74, 6) is -0.460. The molecule has 0 atom stereocenters. The lowest BCUT2D eigenvalue weighted by Crippen LogP contribution is -2.14. The molecule has 0 bridgehead atoms. The van der Waals surface area contributed by atoms with Crippen LogP contribution in [0.5, 0.6) is 0 Å². The average molecular weight is 354 g/mol. The summed E-state index contributed by atoms with van der Waals surface area (Å²) in [6, 6.07) is 16.6. The van der Waals surface area contributed by atoms with Crippen LogP contribution in [-0.4, -0.2) is 5.91 Å². The van der Waals surface area contributed by atoms with Gasteiger partial charge in [-0.1, -0.05) is 43.1 Å². The first-order chi connectivity index (χ1) is 12.1. The Hall–Kier alpha value is -2.77. The summed E-state index contributed by atoms with van der Waals surface area (Å²) in [7, 11) is 0. The fraction of sp³-hybridized carbons (Fsp3) is 0.200. The van der Waals surface area contributed by atoms with Crippen LogP contribution in [0.15, 0.2) is 60.3 Å². The maximum atomic E-state index is 12.2. The lowest BCUT2D eigenvalue weighted by atomic mass is 10.1. The highest BCUT2D eigenvalue weighted by Crippen LogP contribution is 2.16. The average Bonchev–Trinajstić information content (AvgIpc) is 2.62. The monoisotopic (exact) mass is 353 g/mol. The zero-order valence-electron chi connectivity index (χ0n) is 14.1. The number of benzene rings is 2. The number of aryl methyl sites for hydroxylation is 1. The van der Waals surface area contributed by atoms with Crippen molar-refractivity contribution in [3.05, 3.63) is 70.9 Å². The van der Waals surface area contributed by atoms with E-state index >= 15 is 0 Å². The van der Waals surface area contributed by atoms with Crippen LogP contribution in [0, 0.1) is 11.3 Å². The van der Waals surface area contributed by atoms with Crippen LogP contribution in [0.3, 0.4) is 0 Å². The summed E-state index contributed by atoms with van der Waals surface area (Å²) in [5, 5.41) is 15.4. The number of hydrogen-bond acceptors (Lipinski definition) is 3. The van der Waals surface area contributed by atoms with Gasteiger partial charge in [-0.2, -0.15) is 5.26 Å². The quantitative estimate of drug-likeness (QED) is 0.535. The first-order valence-corrected chi connectivity index (χ1v) is 8.53. The molecule has 5 heteroatoms. The van der Waals surface area contributed by atoms with E-state index in [2.05, 4.69) is 17.6 Å². The minimum atomic E-state index is -0.460. The minimum Gasteiger partial charge on any atom is -0.360 e. The van der Waals surface area contributed by atoms with Crippen LogP contribution in [0.1, 0.15) is 25.3 Å². The fourth-order valence-electron chi connectivity index (χ4n) is 2.22. The van der Waals surface area contributed by atoms with Gasteiger partial charge in [0.15, 0.2) is 0 Å². The van der Waals surface area contributed by atoms with E-state index < -0.39 is 5.91 Å². The predicted molar refractivity (Wildman–Crippen MR) is 102 cm³/mol. The molecule has 4 nitrogen and oxygen atoms in total. The van der Waals surface area contributed by atoms with E-state index in [0.29, 0.717) is 16.4 Å². The molecular weight excluding hydrogens is 334 g/mol. The van der Waals surface area contributed by atoms with E-state index in [1.807, 2.05) is 30.3 Å². The number of hydrogen-bond donors (Lipinski definition) is 2. The van der Waals surface area contributed by atoms with Crippen molar-refractivity contribution >= 4 is 28.9 Å². The van der Waals surface area contributed by atoms with Crippen molar-refractivity contribution in [2.45, 2.75) is 26.2 Å². The topological polar surface area (TPSA) is 64.9 Å². The van der Waals surface area contributed by atoms with Crippen LogP contribution in [0.2, 0.25) is 5.02 Å². The molecule has 2 rings (SSSR count). The minimum absolute atomic E-state index is 0.0185. The number of carbonyl (C=O) groups excluding carboxylic acids is 1. The molecule has 2 aromatic rings. The second-order valence-corrected chi connectivity index (χ2v) is 6.02. The smallest absolute Gasteiger partial charge is 0.267 e. The third-order valence-corrected chi connectivity index (χ3v) is 3.84. The molecule has 25 heavy (non-hydrogen) atoms. The van der Waals surface area contributed by atoms with E-state index in [1.165, 1.54) is 11.8 Å². The van der Waals surface area contributed by atoms with Gasteiger partial charge >= 0.3 is 0 Å². The summed E-state index contributed by atoms with van der Waals surface area (Å²) in [6.07, 6.45) is 4.69. The lowest BCUT2D eigenvalue weighted by Gasteiger charge is -2.07. The van der Waals surface area contributed by atoms with Gasteiger partial charge in [0.05, 0.1) is 0 Å². The maximum Gasteiger partial charge on any atom is 0.267 e. The molecule has 0 aliphatic carbocycles. The van der Waals surface area contributed by atoms with E-state index in [0.717, 1.165) is 19.3 Å². The molecule has 0 aliphatic heterocycles. The number of anilines is 2. The Morgan fingerprint density at radius 3 is 2.60 bits per heavy atom. The zero-order chi connectivity index (χ0) is 18.1. The second-order valence-electron chi connectivity index (χ2n) is 5.58. The molecule has 0 aromatic heterocycles. The van der Waals surface area contributed by atoms with Crippen molar-refractivity contribution in [2.24, 2.45) is 0 Å². The van der Waals surface area contributed by atoms with Gasteiger partial charge in [0.25, 0.3) is 5.91 Å². The highest BCUT2D eigenvalue weighted by molar-refractivity contribution is 6.30. The second kappa shape index (κ2) is 9.51. The number of halogens is 1. The Morgan fingerprint density at radius 2 is 1.96 bits per heavy atom. The van der Waals surface area contributed by atoms with Gasteiger partial charge in [-0.3, -0.25) is 4.79 Å². The highest BCUT2D eigenvalue weighted by Gasteiger charge is 2.09. The van der Waals surface area contributed by atoms with Crippen molar-refractivity contribution in [3.63, 3.8) is 0 Å². The Morgan fingerprint density at radius 1 is 1.20 bits per heavy atom. The van der Waals surface area contributed by atoms with E-state index in [9.17, 15) is 10.1 Å². The molecule has 0 heterocycles. The summed E-state index contributed by atoms with van der Waals surface area (Å²) in [4.78, 5) is 12.2. The van der Waals surface area contributed by atoms with Crippen LogP contribution in [0.4, 0.5) is 11.4 Å². The Labute approximate surface area is 153 Å². The number of carbonyl (C=O) groups is 1. The van der Waals surface area contributed by atoms with Gasteiger partial charge in [-0.15, -0.1) is 0 Å². The molecule has 0 unspecified atom stereocenters. The molecule has 2 N–H and O–H groups in total. The molecule has 1 amide bonds. The van der Waals surface area contributed by atoms with Crippen LogP contribution < -0.4 is 10.6 Å². The summed E-state index contributed by atoms with van der Waals surface area (Å²) in [5.41, 5.74) is 2.58. The highest BCUT2D eigenvalue weighted by atomic mass is 35.5. The van der Waals surface area contributed by atoms with Crippen molar-refractivity contribution in [1.82, 2.24) is 0 Å². The molecule has 0 saturated carbocycles. The number of unbranched alkanes of at least 4 members (excludes halogenated alkanes) is 1. The Kier molecular flexibility index (Phi) is 7.06. The Bertz CT molecular complexity index is 791. The van der Waals surface area contributed by atoms with Gasteiger partial charge in [0.2, 0.25) is 0 Å². The van der Waals surface area contributed by atoms with Crippen molar-refractivity contribution in [1.29, 1.82) is 5.26 Å². The predicted octanol–water partition coefficient (Wildman–Crippen LogP) is 5.14. The maximum absolute atomic E-state index is 12.2. The first-order valence-electron chi connectivity index (χ1n) is 8.15. The van der Waals surface area contributed by atoms with Gasteiger partial charge in [-0.05, 0) is 48.7 Å². The standard InChI is InChI=1S/C20H20ClN3O/c1-2-3-5-15-8-10-18(11-9-15)24-20(25)16(13-22)14-23-19-7-4-6-17(21)12-19/h4,6-12,14,23H,2-3,5H2,1H3,(H,24,25)/b16-14-. The van der Waals surface area contributed by atoms with E-state index in [-0.39, 0.29) is 5.57 Å². The number of amides is 1. The number of nitrogens with zero attached hydrogens (tertiary/aromatic N) is 1. The van der Waals surface area contributed by atoms with Crippen molar-refractivity contribution in [3.8, 4) is 6.07 Å². The largest absolute Gasteiger partial charge is 0.360 e. The number of nitrogens with one attached hydrogen (secondary N) is 2. The summed E-state index contributed by atoms with van der Waals surface area (Å²) >= 11 is 5.90. The van der Waals surface area contributed by atoms with E-state index in [4.69, 9.17) is 11.6 Å². The fourth-order valence-corrected chi connectivity index (χ4v) is 2.41. The van der Waals surface area contributed by atoms with Gasteiger partial charge in [0, 0.05) is 22.6 Å². The van der Waals surface area contributed by atoms with Crippen LogP contribution in [0.25, 0.3) is 0 Å². The van der Waals surface area contributed by atoms with Crippen molar-refractivity contribution < 1.29 is 4.79 Å². The third kappa shape index (κ3) is 5.98. The molecular formula is C20H20ClN3O. The van der Waals surface area contributed by atoms with Crippen LogP contribution >= 0.6 is 11.6 Å². The molecule has 0 radical (unpaired) electrons. The molecule has 2 aromatic carbocycles. The third-order valence-electron chi connectivity index (χ3n) is 3.60. The van der Waals surface area contributed by atoms with E-state index in [1.54, 1.807) is 24.3 Å². The van der Waals surface area contributed by atoms with Gasteiger partial charge < -0.3 is 10.6 Å². The van der Waals surface area contributed by atoms with Crippen LogP contribution in [-0.2, 0) is 11.2 Å². The molecule has 0 saturated heterocycles. The molecule has 128 valence electrons. The summed E-state index contributed by atoms with van der Waals surface area (Å²) < 4.78 is 0. The normalized spacial score (nSPS) is 10.8. The van der Waals surface area contributed by atoms with Crippen molar-refractivity contribution in [2.75, 3.05) is 10.6 Å².